The third-order valence-corrected chi connectivity index (χ3v) is 6.50. The molecule has 0 atom stereocenters. The molecule has 0 unspecified atom stereocenters. The van der Waals surface area contributed by atoms with Crippen molar-refractivity contribution < 1.29 is 19.4 Å². The van der Waals surface area contributed by atoms with Gasteiger partial charge < -0.3 is 29.8 Å². The van der Waals surface area contributed by atoms with Crippen molar-refractivity contribution in [1.82, 2.24) is 19.4 Å². The fourth-order valence-electron chi connectivity index (χ4n) is 4.78. The van der Waals surface area contributed by atoms with E-state index in [2.05, 4.69) is 4.98 Å². The Morgan fingerprint density at radius 2 is 1.89 bits per heavy atom. The van der Waals surface area contributed by atoms with Crippen LogP contribution in [0.15, 0.2) is 42.5 Å². The second-order valence-electron chi connectivity index (χ2n) is 9.98. The van der Waals surface area contributed by atoms with Gasteiger partial charge in [-0.15, -0.1) is 0 Å². The van der Waals surface area contributed by atoms with Crippen molar-refractivity contribution >= 4 is 33.7 Å². The Morgan fingerprint density at radius 3 is 2.62 bits per heavy atom. The van der Waals surface area contributed by atoms with Gasteiger partial charge in [-0.3, -0.25) is 4.79 Å². The summed E-state index contributed by atoms with van der Waals surface area (Å²) in [6.07, 6.45) is 0. The second-order valence-corrected chi connectivity index (χ2v) is 9.98. The van der Waals surface area contributed by atoms with Crippen molar-refractivity contribution in [2.45, 2.75) is 39.5 Å². The summed E-state index contributed by atoms with van der Waals surface area (Å²) >= 11 is 0. The summed E-state index contributed by atoms with van der Waals surface area (Å²) in [5.74, 6) is 1.02. The number of anilines is 1. The maximum Gasteiger partial charge on any atom is 0.254 e. The number of hydrogen-bond acceptors (Lipinski definition) is 7. The number of ether oxygens (including phenoxy) is 2. The summed E-state index contributed by atoms with van der Waals surface area (Å²) < 4.78 is 13.0. The van der Waals surface area contributed by atoms with Crippen LogP contribution in [0.25, 0.3) is 33.1 Å². The van der Waals surface area contributed by atoms with E-state index in [0.29, 0.717) is 74.3 Å². The maximum atomic E-state index is 13.0. The molecule has 2 aromatic carbocycles. The van der Waals surface area contributed by atoms with Crippen molar-refractivity contribution in [2.75, 3.05) is 38.6 Å². The zero-order chi connectivity index (χ0) is 26.2. The number of nitrogens with two attached hydrogens (primary N) is 1. The first-order chi connectivity index (χ1) is 17.7. The van der Waals surface area contributed by atoms with Crippen LogP contribution < -0.4 is 5.73 Å². The van der Waals surface area contributed by atoms with Gasteiger partial charge in [-0.1, -0.05) is 24.3 Å². The van der Waals surface area contributed by atoms with E-state index >= 15 is 0 Å². The van der Waals surface area contributed by atoms with Gasteiger partial charge in [-0.2, -0.15) is 0 Å². The van der Waals surface area contributed by atoms with Crippen LogP contribution in [-0.2, 0) is 22.6 Å². The Bertz CT molecular complexity index is 1450. The molecule has 0 spiro atoms. The van der Waals surface area contributed by atoms with Crippen LogP contribution in [0.3, 0.4) is 0 Å². The smallest absolute Gasteiger partial charge is 0.254 e. The molecule has 1 fully saturated rings. The van der Waals surface area contributed by atoms with Gasteiger partial charge >= 0.3 is 0 Å². The molecule has 1 amide bonds. The number of nitrogens with zero attached hydrogens (tertiary/aromatic N) is 4. The number of aromatic nitrogens is 3. The fraction of sp³-hybridized carbons (Fsp3) is 0.393. The molecule has 37 heavy (non-hydrogen) atoms. The molecule has 3 N–H and O–H groups in total. The number of rotatable bonds is 7. The largest absolute Gasteiger partial charge is 0.389 e. The first-order valence-electron chi connectivity index (χ1n) is 12.6. The van der Waals surface area contributed by atoms with Gasteiger partial charge in [0, 0.05) is 30.6 Å². The molecule has 0 radical (unpaired) electrons. The summed E-state index contributed by atoms with van der Waals surface area (Å²) in [7, 11) is 0. The van der Waals surface area contributed by atoms with Crippen LogP contribution in [0.2, 0.25) is 0 Å². The van der Waals surface area contributed by atoms with Crippen molar-refractivity contribution in [1.29, 1.82) is 0 Å². The van der Waals surface area contributed by atoms with Gasteiger partial charge in [0.25, 0.3) is 5.91 Å². The summed E-state index contributed by atoms with van der Waals surface area (Å²) in [5, 5.41) is 11.5. The number of hydrogen-bond donors (Lipinski definition) is 2. The summed E-state index contributed by atoms with van der Waals surface area (Å²) in [6.45, 7) is 8.97. The minimum atomic E-state index is -0.966. The Kier molecular flexibility index (Phi) is 6.85. The van der Waals surface area contributed by atoms with Crippen LogP contribution in [0.1, 0.15) is 37.0 Å². The van der Waals surface area contributed by atoms with Gasteiger partial charge in [0.15, 0.2) is 5.82 Å². The summed E-state index contributed by atoms with van der Waals surface area (Å²) in [4.78, 5) is 24.2. The number of carbonyl (C=O) groups excluding carboxylic acids is 1. The quantitative estimate of drug-likeness (QED) is 0.396. The maximum absolute atomic E-state index is 13.0. The predicted molar refractivity (Wildman–Crippen MR) is 143 cm³/mol. The van der Waals surface area contributed by atoms with E-state index in [1.54, 1.807) is 13.8 Å². The number of benzene rings is 2. The van der Waals surface area contributed by atoms with Crippen LogP contribution in [0.4, 0.5) is 5.82 Å². The van der Waals surface area contributed by atoms with Crippen LogP contribution in [-0.4, -0.2) is 69.0 Å². The molecule has 1 aliphatic heterocycles. The average molecular weight is 504 g/mol. The topological polar surface area (TPSA) is 116 Å². The number of morpholine rings is 1. The zero-order valence-corrected chi connectivity index (χ0v) is 21.5. The number of carbonyl (C=O) groups is 1. The lowest BCUT2D eigenvalue weighted by molar-refractivity contribution is 0.0303. The van der Waals surface area contributed by atoms with E-state index in [9.17, 15) is 9.90 Å². The summed E-state index contributed by atoms with van der Waals surface area (Å²) in [6, 6.07) is 13.6. The van der Waals surface area contributed by atoms with Crippen LogP contribution in [0.5, 0.6) is 0 Å². The Balaban J connectivity index is 1.58. The lowest BCUT2D eigenvalue weighted by Gasteiger charge is -2.27. The Labute approximate surface area is 215 Å². The lowest BCUT2D eigenvalue weighted by Crippen LogP contribution is -2.40. The van der Waals surface area contributed by atoms with Crippen molar-refractivity contribution in [2.24, 2.45) is 0 Å². The van der Waals surface area contributed by atoms with E-state index in [1.165, 1.54) is 0 Å². The minimum Gasteiger partial charge on any atom is -0.389 e. The Morgan fingerprint density at radius 1 is 1.14 bits per heavy atom. The molecule has 2 aromatic heterocycles. The van der Waals surface area contributed by atoms with E-state index in [1.807, 2.05) is 58.9 Å². The minimum absolute atomic E-state index is 0.00682. The van der Waals surface area contributed by atoms with Crippen molar-refractivity contribution in [3.8, 4) is 11.1 Å². The van der Waals surface area contributed by atoms with Gasteiger partial charge in [-0.05, 0) is 50.1 Å². The van der Waals surface area contributed by atoms with Gasteiger partial charge in [0.1, 0.15) is 17.9 Å². The molecule has 194 valence electrons. The average Bonchev–Trinajstić information content (AvgIpc) is 3.24. The molecule has 5 rings (SSSR count). The van der Waals surface area contributed by atoms with Gasteiger partial charge in [0.2, 0.25) is 0 Å². The lowest BCUT2D eigenvalue weighted by atomic mass is 10.0. The fourth-order valence-corrected chi connectivity index (χ4v) is 4.78. The first kappa shape index (κ1) is 25.1. The van der Waals surface area contributed by atoms with Gasteiger partial charge in [-0.25, -0.2) is 9.97 Å². The molecule has 0 aliphatic carbocycles. The summed E-state index contributed by atoms with van der Waals surface area (Å²) in [5.41, 5.74) is 10.0. The highest BCUT2D eigenvalue weighted by atomic mass is 16.5. The highest BCUT2D eigenvalue weighted by Gasteiger charge is 2.23. The Hall–Kier alpha value is -3.53. The standard InChI is InChI=1S/C28H33N5O4/c1-4-36-16-23-31-24-25(33(23)17-28(2,3)35)21-9-8-19(15-22(21)30-26(24)29)18-6-5-7-20(14-18)27(34)32-10-12-37-13-11-32/h5-9,14-15,35H,4,10-13,16-17H2,1-3H3,(H2,29,30). The molecule has 0 saturated carbocycles. The van der Waals surface area contributed by atoms with E-state index in [-0.39, 0.29) is 5.91 Å². The molecule has 1 saturated heterocycles. The number of amides is 1. The molecule has 9 heteroatoms. The molecule has 3 heterocycles. The molecular formula is C28H33N5O4. The number of aliphatic hydroxyl groups is 1. The van der Waals surface area contributed by atoms with Crippen molar-refractivity contribution in [3.63, 3.8) is 0 Å². The van der Waals surface area contributed by atoms with Gasteiger partial charge in [0.05, 0.1) is 36.4 Å². The molecular weight excluding hydrogens is 470 g/mol. The van der Waals surface area contributed by atoms with Crippen molar-refractivity contribution in [3.05, 3.63) is 53.9 Å². The van der Waals surface area contributed by atoms with E-state index in [4.69, 9.17) is 20.2 Å². The predicted octanol–water partition coefficient (Wildman–Crippen LogP) is 3.61. The number of imidazole rings is 1. The normalized spacial score (nSPS) is 14.5. The second kappa shape index (κ2) is 10.1. The zero-order valence-electron chi connectivity index (χ0n) is 21.5. The van der Waals surface area contributed by atoms with Crippen LogP contribution >= 0.6 is 0 Å². The highest BCUT2D eigenvalue weighted by Crippen LogP contribution is 2.33. The third kappa shape index (κ3) is 5.16. The first-order valence-corrected chi connectivity index (χ1v) is 12.6. The molecule has 9 nitrogen and oxygen atoms in total. The number of nitrogen functional groups attached to an aromatic ring is 1. The van der Waals surface area contributed by atoms with E-state index < -0.39 is 5.60 Å². The molecule has 4 aromatic rings. The number of fused-ring (bicyclic) bond motifs is 3. The molecule has 1 aliphatic rings. The third-order valence-electron chi connectivity index (χ3n) is 6.50. The highest BCUT2D eigenvalue weighted by molar-refractivity contribution is 6.07. The monoisotopic (exact) mass is 503 g/mol. The van der Waals surface area contributed by atoms with E-state index in [0.717, 1.165) is 22.0 Å². The SMILES string of the molecule is CCOCc1nc2c(N)nc3cc(-c4cccc(C(=O)N5CCOCC5)c4)ccc3c2n1CC(C)(C)O. The number of pyridine rings is 1. The molecule has 0 bridgehead atoms. The van der Waals surface area contributed by atoms with Crippen LogP contribution in [0, 0.1) is 0 Å².